The quantitative estimate of drug-likeness (QED) is 0.628. The predicted octanol–water partition coefficient (Wildman–Crippen LogP) is 4.27. The van der Waals surface area contributed by atoms with Crippen LogP contribution in [-0.4, -0.2) is 25.9 Å². The zero-order valence-corrected chi connectivity index (χ0v) is 14.3. The van der Waals surface area contributed by atoms with Crippen molar-refractivity contribution in [3.8, 4) is 5.75 Å². The Morgan fingerprint density at radius 3 is 2.33 bits per heavy atom. The van der Waals surface area contributed by atoms with Gasteiger partial charge in [-0.3, -0.25) is 9.71 Å². The number of halogens is 4. The van der Waals surface area contributed by atoms with Crippen molar-refractivity contribution in [2.24, 2.45) is 0 Å². The largest absolute Gasteiger partial charge is 0.461 e. The second kappa shape index (κ2) is 7.03. The molecule has 0 fully saturated rings. The molecule has 2 aromatic carbocycles. The number of ether oxygens (including phenoxy) is 1. The van der Waals surface area contributed by atoms with Gasteiger partial charge in [0.2, 0.25) is 0 Å². The number of nitrogens with one attached hydrogen (secondary N) is 1. The maximum atomic E-state index is 12.9. The molecule has 5 nitrogen and oxygen atoms in total. The van der Waals surface area contributed by atoms with E-state index in [0.29, 0.717) is 5.39 Å². The van der Waals surface area contributed by atoms with E-state index in [1.54, 1.807) is 24.3 Å². The molecule has 27 heavy (non-hydrogen) atoms. The van der Waals surface area contributed by atoms with Crippen molar-refractivity contribution in [2.45, 2.75) is 17.4 Å². The van der Waals surface area contributed by atoms with Gasteiger partial charge in [-0.1, -0.05) is 18.2 Å². The molecule has 3 aromatic rings. The predicted molar refractivity (Wildman–Crippen MR) is 90.6 cm³/mol. The van der Waals surface area contributed by atoms with Gasteiger partial charge >= 0.3 is 12.5 Å². The monoisotopic (exact) mass is 400 g/mol. The van der Waals surface area contributed by atoms with Crippen molar-refractivity contribution >= 4 is 26.6 Å². The molecule has 0 spiro atoms. The topological polar surface area (TPSA) is 68.3 Å². The van der Waals surface area contributed by atoms with E-state index < -0.39 is 28.3 Å². The van der Waals surface area contributed by atoms with Crippen LogP contribution in [0.2, 0.25) is 0 Å². The second-order valence-corrected chi connectivity index (χ2v) is 7.08. The molecular formula is C17H12F4N2O3S. The lowest BCUT2D eigenvalue weighted by Gasteiger charge is -2.17. The highest BCUT2D eigenvalue weighted by Crippen LogP contribution is 2.29. The van der Waals surface area contributed by atoms with Gasteiger partial charge in [0.05, 0.1) is 5.52 Å². The number of nitrogens with zero attached hydrogens (tertiary/aromatic N) is 1. The SMILES string of the molecule is O=S(=O)(Nc1ccc(OC(F)(F)C(F)F)cc1)c1cccc2cccnc12. The summed E-state index contributed by atoms with van der Waals surface area (Å²) in [6, 6.07) is 12.2. The molecule has 1 heterocycles. The maximum Gasteiger partial charge on any atom is 0.461 e. The van der Waals surface area contributed by atoms with E-state index >= 15 is 0 Å². The summed E-state index contributed by atoms with van der Waals surface area (Å²) < 4.78 is 81.5. The molecule has 10 heteroatoms. The Bertz CT molecular complexity index is 1050. The number of alkyl halides is 4. The lowest BCUT2D eigenvalue weighted by molar-refractivity contribution is -0.253. The number of pyridine rings is 1. The number of hydrogen-bond acceptors (Lipinski definition) is 4. The molecule has 1 N–H and O–H groups in total. The van der Waals surface area contributed by atoms with Gasteiger partial charge in [0.1, 0.15) is 10.6 Å². The summed E-state index contributed by atoms with van der Waals surface area (Å²) in [6.07, 6.45) is -7.18. The molecule has 0 unspecified atom stereocenters. The number of benzene rings is 2. The molecule has 0 aliphatic carbocycles. The summed E-state index contributed by atoms with van der Waals surface area (Å²) in [7, 11) is -4.02. The summed E-state index contributed by atoms with van der Waals surface area (Å²) >= 11 is 0. The van der Waals surface area contributed by atoms with E-state index in [0.717, 1.165) is 24.3 Å². The molecule has 142 valence electrons. The van der Waals surface area contributed by atoms with E-state index in [1.165, 1.54) is 12.3 Å². The molecule has 0 bridgehead atoms. The summed E-state index contributed by atoms with van der Waals surface area (Å²) in [5.41, 5.74) is 0.305. The number of hydrogen-bond donors (Lipinski definition) is 1. The summed E-state index contributed by atoms with van der Waals surface area (Å²) in [4.78, 5) is 4.00. The minimum atomic E-state index is -4.64. The molecule has 0 amide bonds. The Morgan fingerprint density at radius 2 is 1.67 bits per heavy atom. The number of fused-ring (bicyclic) bond motifs is 1. The van der Waals surface area contributed by atoms with E-state index in [4.69, 9.17) is 0 Å². The van der Waals surface area contributed by atoms with Crippen molar-refractivity contribution < 1.29 is 30.7 Å². The highest BCUT2D eigenvalue weighted by molar-refractivity contribution is 7.93. The normalized spacial score (nSPS) is 12.3. The second-order valence-electron chi connectivity index (χ2n) is 5.43. The summed E-state index contributed by atoms with van der Waals surface area (Å²) in [6.45, 7) is 0. The van der Waals surface area contributed by atoms with Crippen LogP contribution in [0.3, 0.4) is 0 Å². The number of aromatic nitrogens is 1. The molecule has 0 atom stereocenters. The van der Waals surface area contributed by atoms with Crippen molar-refractivity contribution in [3.05, 3.63) is 60.8 Å². The Morgan fingerprint density at radius 1 is 1.00 bits per heavy atom. The molecule has 0 saturated heterocycles. The van der Waals surface area contributed by atoms with Crippen LogP contribution in [0.4, 0.5) is 23.2 Å². The average Bonchev–Trinajstić information content (AvgIpc) is 2.62. The molecule has 0 radical (unpaired) electrons. The fraction of sp³-hybridized carbons (Fsp3) is 0.118. The third kappa shape index (κ3) is 4.11. The zero-order valence-electron chi connectivity index (χ0n) is 13.4. The van der Waals surface area contributed by atoms with Gasteiger partial charge in [-0.25, -0.2) is 8.42 Å². The van der Waals surface area contributed by atoms with Crippen LogP contribution in [0, 0.1) is 0 Å². The highest BCUT2D eigenvalue weighted by atomic mass is 32.2. The summed E-state index contributed by atoms with van der Waals surface area (Å²) in [5, 5.41) is 0.623. The highest BCUT2D eigenvalue weighted by Gasteiger charge is 2.43. The molecule has 1 aromatic heterocycles. The van der Waals surface area contributed by atoms with Gasteiger partial charge in [-0.05, 0) is 36.4 Å². The van der Waals surface area contributed by atoms with E-state index in [9.17, 15) is 26.0 Å². The van der Waals surface area contributed by atoms with Crippen LogP contribution < -0.4 is 9.46 Å². The molecule has 3 rings (SSSR count). The van der Waals surface area contributed by atoms with E-state index in [2.05, 4.69) is 14.4 Å². The lowest BCUT2D eigenvalue weighted by Crippen LogP contribution is -2.33. The van der Waals surface area contributed by atoms with Gasteiger partial charge in [0, 0.05) is 17.3 Å². The molecule has 0 aliphatic heterocycles. The minimum Gasteiger partial charge on any atom is -0.428 e. The van der Waals surface area contributed by atoms with Crippen molar-refractivity contribution in [1.82, 2.24) is 4.98 Å². The Hall–Kier alpha value is -2.88. The van der Waals surface area contributed by atoms with Gasteiger partial charge in [-0.15, -0.1) is 0 Å². The van der Waals surface area contributed by atoms with E-state index in [1.807, 2.05) is 0 Å². The number of para-hydroxylation sites is 1. The first kappa shape index (κ1) is 18.9. The number of anilines is 1. The van der Waals surface area contributed by atoms with Crippen LogP contribution in [-0.2, 0) is 10.0 Å². The minimum absolute atomic E-state index is 0.0376. The average molecular weight is 400 g/mol. The third-order valence-corrected chi connectivity index (χ3v) is 4.91. The fourth-order valence-corrected chi connectivity index (χ4v) is 3.54. The first-order valence-electron chi connectivity index (χ1n) is 7.51. The van der Waals surface area contributed by atoms with E-state index in [-0.39, 0.29) is 16.1 Å². The van der Waals surface area contributed by atoms with Crippen molar-refractivity contribution in [1.29, 1.82) is 0 Å². The van der Waals surface area contributed by atoms with Crippen LogP contribution in [0.25, 0.3) is 10.9 Å². The zero-order chi connectivity index (χ0) is 19.7. The van der Waals surface area contributed by atoms with Crippen LogP contribution >= 0.6 is 0 Å². The first-order chi connectivity index (χ1) is 12.7. The summed E-state index contributed by atoms with van der Waals surface area (Å²) in [5.74, 6) is -0.532. The molecule has 0 saturated carbocycles. The first-order valence-corrected chi connectivity index (χ1v) is 8.99. The van der Waals surface area contributed by atoms with Gasteiger partial charge in [0.15, 0.2) is 0 Å². The van der Waals surface area contributed by atoms with Crippen molar-refractivity contribution in [2.75, 3.05) is 4.72 Å². The van der Waals surface area contributed by atoms with Crippen LogP contribution in [0.5, 0.6) is 5.75 Å². The Labute approximate surface area is 151 Å². The number of rotatable bonds is 6. The Kier molecular flexibility index (Phi) is 4.92. The standard InChI is InChI=1S/C17H12F4N2O3S/c18-16(19)17(20,21)26-13-8-6-12(7-9-13)23-27(24,25)14-5-1-3-11-4-2-10-22-15(11)14/h1-10,16,23H. The number of sulfonamides is 1. The van der Waals surface area contributed by atoms with Crippen molar-refractivity contribution in [3.63, 3.8) is 0 Å². The smallest absolute Gasteiger partial charge is 0.428 e. The van der Waals surface area contributed by atoms with Gasteiger partial charge in [0.25, 0.3) is 10.0 Å². The van der Waals surface area contributed by atoms with Gasteiger partial charge < -0.3 is 4.74 Å². The molecule has 0 aliphatic rings. The lowest BCUT2D eigenvalue weighted by atomic mass is 10.2. The third-order valence-electron chi connectivity index (χ3n) is 3.50. The maximum absolute atomic E-state index is 12.9. The Balaban J connectivity index is 1.84. The fourth-order valence-electron chi connectivity index (χ4n) is 2.30. The molecular weight excluding hydrogens is 388 g/mol. The van der Waals surface area contributed by atoms with Gasteiger partial charge in [-0.2, -0.15) is 17.6 Å². The van der Waals surface area contributed by atoms with Crippen LogP contribution in [0.1, 0.15) is 0 Å². The van der Waals surface area contributed by atoms with Crippen LogP contribution in [0.15, 0.2) is 65.7 Å².